The molecular weight excluding hydrogens is 260 g/mol. The van der Waals surface area contributed by atoms with Crippen LogP contribution in [0.3, 0.4) is 0 Å². The smallest absolute Gasteiger partial charge is 0.335 e. The van der Waals surface area contributed by atoms with Gasteiger partial charge in [-0.05, 0) is 19.4 Å². The third-order valence-electron chi connectivity index (χ3n) is 2.77. The summed E-state index contributed by atoms with van der Waals surface area (Å²) in [6.07, 6.45) is 0. The first kappa shape index (κ1) is 13.7. The van der Waals surface area contributed by atoms with Crippen LogP contribution < -0.4 is 5.73 Å². The lowest BCUT2D eigenvalue weighted by atomic mass is 10.1. The summed E-state index contributed by atoms with van der Waals surface area (Å²) in [5.74, 6) is -0.333. The summed E-state index contributed by atoms with van der Waals surface area (Å²) in [5.41, 5.74) is 7.47. The van der Waals surface area contributed by atoms with Crippen LogP contribution in [0.15, 0.2) is 45.9 Å². The summed E-state index contributed by atoms with van der Waals surface area (Å²) in [4.78, 5) is 16.5. The third-order valence-corrected chi connectivity index (χ3v) is 3.90. The van der Waals surface area contributed by atoms with Gasteiger partial charge in [0.2, 0.25) is 0 Å². The van der Waals surface area contributed by atoms with E-state index in [1.165, 1.54) is 11.8 Å². The van der Waals surface area contributed by atoms with E-state index in [1.54, 1.807) is 6.92 Å². The highest BCUT2D eigenvalue weighted by molar-refractivity contribution is 8.19. The van der Waals surface area contributed by atoms with Crippen LogP contribution in [0, 0.1) is 0 Å². The number of hydrogen-bond acceptors (Lipinski definition) is 5. The molecule has 0 spiro atoms. The fourth-order valence-corrected chi connectivity index (χ4v) is 2.40. The van der Waals surface area contributed by atoms with Gasteiger partial charge in [0.1, 0.15) is 5.04 Å². The summed E-state index contributed by atoms with van der Waals surface area (Å²) < 4.78 is 5.09. The molecule has 100 valence electrons. The van der Waals surface area contributed by atoms with Crippen molar-refractivity contribution in [3.63, 3.8) is 0 Å². The van der Waals surface area contributed by atoms with E-state index in [-0.39, 0.29) is 5.97 Å². The van der Waals surface area contributed by atoms with Crippen LogP contribution in [0.2, 0.25) is 0 Å². The molecule has 4 nitrogen and oxygen atoms in total. The molecule has 0 aliphatic carbocycles. The summed E-state index contributed by atoms with van der Waals surface area (Å²) in [6.45, 7) is 4.03. The Morgan fingerprint density at radius 3 is 2.63 bits per heavy atom. The van der Waals surface area contributed by atoms with Crippen LogP contribution in [0.5, 0.6) is 0 Å². The Hall–Kier alpha value is -1.75. The van der Waals surface area contributed by atoms with Crippen molar-refractivity contribution < 1.29 is 9.53 Å². The van der Waals surface area contributed by atoms with E-state index in [2.05, 4.69) is 4.99 Å². The van der Waals surface area contributed by atoms with E-state index in [0.29, 0.717) is 6.61 Å². The minimum atomic E-state index is -0.619. The Bertz CT molecular complexity index is 538. The zero-order valence-electron chi connectivity index (χ0n) is 10.9. The van der Waals surface area contributed by atoms with E-state index in [1.807, 2.05) is 37.3 Å². The highest BCUT2D eigenvalue weighted by atomic mass is 32.2. The fourth-order valence-electron chi connectivity index (χ4n) is 1.68. The Morgan fingerprint density at radius 1 is 1.42 bits per heavy atom. The Balaban J connectivity index is 2.29. The van der Waals surface area contributed by atoms with Crippen molar-refractivity contribution in [2.24, 2.45) is 10.7 Å². The maximum atomic E-state index is 12.0. The molecule has 0 radical (unpaired) electrons. The number of rotatable bonds is 4. The molecule has 1 aliphatic heterocycles. The van der Waals surface area contributed by atoms with Crippen molar-refractivity contribution in [2.75, 3.05) is 6.61 Å². The van der Waals surface area contributed by atoms with Gasteiger partial charge in [-0.1, -0.05) is 42.1 Å². The monoisotopic (exact) mass is 276 g/mol. The van der Waals surface area contributed by atoms with Crippen molar-refractivity contribution in [2.45, 2.75) is 19.9 Å². The highest BCUT2D eigenvalue weighted by Gasteiger charge is 2.26. The first-order chi connectivity index (χ1) is 9.13. The van der Waals surface area contributed by atoms with Gasteiger partial charge in [-0.3, -0.25) is 4.99 Å². The number of aliphatic imine (C=N–C) groups is 1. The van der Waals surface area contributed by atoms with Gasteiger partial charge >= 0.3 is 5.97 Å². The predicted molar refractivity (Wildman–Crippen MR) is 77.7 cm³/mol. The number of thioether (sulfide) groups is 1. The van der Waals surface area contributed by atoms with E-state index in [9.17, 15) is 4.79 Å². The maximum Gasteiger partial charge on any atom is 0.335 e. The second-order valence-electron chi connectivity index (χ2n) is 4.09. The normalized spacial score (nSPS) is 18.1. The van der Waals surface area contributed by atoms with Crippen molar-refractivity contribution in [3.05, 3.63) is 46.5 Å². The average molecular weight is 276 g/mol. The van der Waals surface area contributed by atoms with E-state index >= 15 is 0 Å². The number of ether oxygens (including phenoxy) is 1. The van der Waals surface area contributed by atoms with E-state index in [4.69, 9.17) is 10.5 Å². The molecule has 1 atom stereocenters. The number of nitrogens with two attached hydrogens (primary N) is 1. The van der Waals surface area contributed by atoms with Crippen molar-refractivity contribution >= 4 is 22.8 Å². The second kappa shape index (κ2) is 5.93. The highest BCUT2D eigenvalue weighted by Crippen LogP contribution is 2.34. The van der Waals surface area contributed by atoms with Gasteiger partial charge in [0.25, 0.3) is 0 Å². The topological polar surface area (TPSA) is 64.7 Å². The molecule has 1 heterocycles. The zero-order valence-corrected chi connectivity index (χ0v) is 11.7. The molecule has 0 amide bonds. The molecule has 2 N–H and O–H groups in total. The number of hydrogen-bond donors (Lipinski definition) is 1. The standard InChI is InChI=1S/C14H16N2O2S/c1-3-18-14(17)11(10-7-5-4-6-8-10)16-13-9(2)12(15)19-13/h4-8,11H,3,15H2,1-2H3. The minimum Gasteiger partial charge on any atom is -0.464 e. The van der Waals surface area contributed by atoms with Gasteiger partial charge in [0, 0.05) is 5.57 Å². The molecule has 0 saturated carbocycles. The van der Waals surface area contributed by atoms with Crippen molar-refractivity contribution in [3.8, 4) is 0 Å². The Morgan fingerprint density at radius 2 is 2.11 bits per heavy atom. The summed E-state index contributed by atoms with van der Waals surface area (Å²) in [7, 11) is 0. The maximum absolute atomic E-state index is 12.0. The minimum absolute atomic E-state index is 0.333. The fraction of sp³-hybridized carbons (Fsp3) is 0.286. The molecule has 0 aromatic heterocycles. The van der Waals surface area contributed by atoms with Gasteiger partial charge in [-0.25, -0.2) is 4.79 Å². The molecule has 19 heavy (non-hydrogen) atoms. The molecule has 1 aromatic carbocycles. The predicted octanol–water partition coefficient (Wildman–Crippen LogP) is 2.63. The van der Waals surface area contributed by atoms with Crippen LogP contribution >= 0.6 is 11.8 Å². The quantitative estimate of drug-likeness (QED) is 0.859. The first-order valence-corrected chi connectivity index (χ1v) is 6.89. The number of carbonyl (C=O) groups is 1. The molecule has 0 fully saturated rings. The third kappa shape index (κ3) is 2.98. The Labute approximate surface area is 116 Å². The lowest BCUT2D eigenvalue weighted by Crippen LogP contribution is -2.20. The second-order valence-corrected chi connectivity index (χ2v) is 5.12. The van der Waals surface area contributed by atoms with Crippen LogP contribution in [-0.4, -0.2) is 17.6 Å². The lowest BCUT2D eigenvalue weighted by molar-refractivity contribution is -0.144. The van der Waals surface area contributed by atoms with Crippen LogP contribution in [0.25, 0.3) is 0 Å². The zero-order chi connectivity index (χ0) is 13.8. The van der Waals surface area contributed by atoms with Gasteiger partial charge in [-0.2, -0.15) is 0 Å². The molecule has 1 unspecified atom stereocenters. The number of benzene rings is 1. The summed E-state index contributed by atoms with van der Waals surface area (Å²) in [6, 6.07) is 8.79. The van der Waals surface area contributed by atoms with Crippen molar-refractivity contribution in [1.29, 1.82) is 0 Å². The molecule has 2 rings (SSSR count). The molecule has 1 aliphatic rings. The van der Waals surface area contributed by atoms with Gasteiger partial charge in [0.15, 0.2) is 6.04 Å². The van der Waals surface area contributed by atoms with Gasteiger partial charge in [-0.15, -0.1) is 0 Å². The van der Waals surface area contributed by atoms with Crippen LogP contribution in [-0.2, 0) is 9.53 Å². The lowest BCUT2D eigenvalue weighted by Gasteiger charge is -2.21. The SMILES string of the molecule is CCOC(=O)C(N=C1SC(N)=C1C)c1ccccc1. The molecule has 0 saturated heterocycles. The molecule has 5 heteroatoms. The number of nitrogens with zero attached hydrogens (tertiary/aromatic N) is 1. The van der Waals surface area contributed by atoms with E-state index < -0.39 is 6.04 Å². The van der Waals surface area contributed by atoms with Gasteiger partial charge in [0.05, 0.1) is 11.6 Å². The number of carbonyl (C=O) groups excluding carboxylic acids is 1. The largest absolute Gasteiger partial charge is 0.464 e. The van der Waals surface area contributed by atoms with Crippen molar-refractivity contribution in [1.82, 2.24) is 0 Å². The summed E-state index contributed by atoms with van der Waals surface area (Å²) >= 11 is 1.39. The van der Waals surface area contributed by atoms with Crippen LogP contribution in [0.1, 0.15) is 25.5 Å². The average Bonchev–Trinajstić information content (AvgIpc) is 2.44. The Kier molecular flexibility index (Phi) is 4.27. The van der Waals surface area contributed by atoms with Crippen LogP contribution in [0.4, 0.5) is 0 Å². The summed E-state index contributed by atoms with van der Waals surface area (Å²) in [5, 5.41) is 1.56. The molecule has 1 aromatic rings. The molecular formula is C14H16N2O2S. The van der Waals surface area contributed by atoms with E-state index in [0.717, 1.165) is 21.2 Å². The molecule has 0 bridgehead atoms. The van der Waals surface area contributed by atoms with Gasteiger partial charge < -0.3 is 10.5 Å². The first-order valence-electron chi connectivity index (χ1n) is 6.07. The number of esters is 1.